The highest BCUT2D eigenvalue weighted by molar-refractivity contribution is 6.31. The predicted octanol–water partition coefficient (Wildman–Crippen LogP) is 4.24. The minimum atomic E-state index is -0.451. The Bertz CT molecular complexity index is 852. The van der Waals surface area contributed by atoms with Crippen LogP contribution in [0.5, 0.6) is 0 Å². The van der Waals surface area contributed by atoms with Crippen LogP contribution in [0.1, 0.15) is 18.1 Å². The van der Waals surface area contributed by atoms with Gasteiger partial charge in [0.15, 0.2) is 0 Å². The number of aromatic nitrogens is 2. The number of rotatable bonds is 4. The molecule has 3 aromatic rings. The van der Waals surface area contributed by atoms with Gasteiger partial charge in [-0.2, -0.15) is 0 Å². The van der Waals surface area contributed by atoms with Crippen molar-refractivity contribution >= 4 is 28.4 Å². The summed E-state index contributed by atoms with van der Waals surface area (Å²) in [5.41, 5.74) is 1.68. The van der Waals surface area contributed by atoms with Crippen LogP contribution in [0.15, 0.2) is 42.9 Å². The molecule has 6 heteroatoms. The summed E-state index contributed by atoms with van der Waals surface area (Å²) >= 11 is 6.23. The zero-order valence-corrected chi connectivity index (χ0v) is 13.3. The van der Waals surface area contributed by atoms with Crippen molar-refractivity contribution in [1.82, 2.24) is 9.55 Å². The maximum Gasteiger partial charge on any atom is 0.213 e. The Hall–Kier alpha value is -2.40. The molecule has 0 saturated heterocycles. The molecule has 0 radical (unpaired) electrons. The molecule has 2 aromatic heterocycles. The standard InChI is InChI=1S/C17H15ClFN3O/c1-2-23-17(20)12-7-14(18)13(15(19)8-12)10-22-6-4-11-9-21-5-3-16(11)22/h3-9,20H,2,10H2,1H3. The molecule has 1 N–H and O–H groups in total. The Morgan fingerprint density at radius 3 is 2.96 bits per heavy atom. The molecule has 4 nitrogen and oxygen atoms in total. The lowest BCUT2D eigenvalue weighted by Crippen LogP contribution is -2.08. The maximum atomic E-state index is 14.4. The van der Waals surface area contributed by atoms with E-state index in [1.54, 1.807) is 25.4 Å². The van der Waals surface area contributed by atoms with Crippen LogP contribution in [0.4, 0.5) is 4.39 Å². The van der Waals surface area contributed by atoms with E-state index in [0.29, 0.717) is 24.3 Å². The first-order valence-electron chi connectivity index (χ1n) is 7.18. The van der Waals surface area contributed by atoms with Crippen LogP contribution in [0.2, 0.25) is 5.02 Å². The normalized spacial score (nSPS) is 10.9. The molecule has 0 atom stereocenters. The van der Waals surface area contributed by atoms with Crippen molar-refractivity contribution in [1.29, 1.82) is 5.41 Å². The van der Waals surface area contributed by atoms with Crippen molar-refractivity contribution in [3.63, 3.8) is 0 Å². The highest BCUT2D eigenvalue weighted by atomic mass is 35.5. The van der Waals surface area contributed by atoms with Gasteiger partial charge in [-0.25, -0.2) is 4.39 Å². The summed E-state index contributed by atoms with van der Waals surface area (Å²) in [6.45, 7) is 2.43. The van der Waals surface area contributed by atoms with E-state index in [1.807, 2.05) is 22.9 Å². The largest absolute Gasteiger partial charge is 0.478 e. The van der Waals surface area contributed by atoms with Gasteiger partial charge in [-0.15, -0.1) is 0 Å². The molecule has 0 bridgehead atoms. The van der Waals surface area contributed by atoms with Crippen LogP contribution in [0, 0.1) is 11.2 Å². The highest BCUT2D eigenvalue weighted by Crippen LogP contribution is 2.25. The smallest absolute Gasteiger partial charge is 0.213 e. The minimum absolute atomic E-state index is 0.0858. The van der Waals surface area contributed by atoms with Gasteiger partial charge in [-0.1, -0.05) is 11.6 Å². The van der Waals surface area contributed by atoms with Crippen LogP contribution >= 0.6 is 11.6 Å². The Morgan fingerprint density at radius 2 is 2.22 bits per heavy atom. The maximum absolute atomic E-state index is 14.4. The van der Waals surface area contributed by atoms with Crippen LogP contribution in [-0.4, -0.2) is 22.1 Å². The molecule has 2 heterocycles. The van der Waals surface area contributed by atoms with Crippen molar-refractivity contribution in [3.8, 4) is 0 Å². The first kappa shape index (κ1) is 15.5. The number of halogens is 2. The van der Waals surface area contributed by atoms with E-state index in [2.05, 4.69) is 4.98 Å². The zero-order chi connectivity index (χ0) is 16.4. The first-order chi connectivity index (χ1) is 11.1. The number of nitrogens with one attached hydrogen (secondary N) is 1. The fourth-order valence-electron chi connectivity index (χ4n) is 2.46. The number of pyridine rings is 1. The molecule has 0 unspecified atom stereocenters. The van der Waals surface area contributed by atoms with E-state index in [-0.39, 0.29) is 10.9 Å². The van der Waals surface area contributed by atoms with Gasteiger partial charge in [-0.05, 0) is 31.2 Å². The van der Waals surface area contributed by atoms with Crippen molar-refractivity contribution < 1.29 is 9.13 Å². The summed E-state index contributed by atoms with van der Waals surface area (Å²) in [4.78, 5) is 4.07. The van der Waals surface area contributed by atoms with Crippen molar-refractivity contribution in [3.05, 3.63) is 64.8 Å². The van der Waals surface area contributed by atoms with Gasteiger partial charge in [0.2, 0.25) is 5.90 Å². The molecule has 0 amide bonds. The van der Waals surface area contributed by atoms with Crippen LogP contribution < -0.4 is 0 Å². The molecule has 0 aliphatic rings. The average Bonchev–Trinajstić information content (AvgIpc) is 2.94. The number of nitrogens with zero attached hydrogens (tertiary/aromatic N) is 2. The topological polar surface area (TPSA) is 50.9 Å². The van der Waals surface area contributed by atoms with E-state index >= 15 is 0 Å². The average molecular weight is 332 g/mol. The Morgan fingerprint density at radius 1 is 1.39 bits per heavy atom. The Labute approximate surface area is 138 Å². The minimum Gasteiger partial charge on any atom is -0.478 e. The molecule has 0 aliphatic carbocycles. The van der Waals surface area contributed by atoms with E-state index in [9.17, 15) is 4.39 Å². The van der Waals surface area contributed by atoms with Gasteiger partial charge >= 0.3 is 0 Å². The van der Waals surface area contributed by atoms with E-state index in [1.165, 1.54) is 6.07 Å². The van der Waals surface area contributed by atoms with E-state index in [0.717, 1.165) is 10.9 Å². The summed E-state index contributed by atoms with van der Waals surface area (Å²) in [5.74, 6) is -0.537. The van der Waals surface area contributed by atoms with Crippen molar-refractivity contribution in [2.24, 2.45) is 0 Å². The predicted molar refractivity (Wildman–Crippen MR) is 88.7 cm³/mol. The molecule has 0 fully saturated rings. The molecular weight excluding hydrogens is 317 g/mol. The first-order valence-corrected chi connectivity index (χ1v) is 7.56. The van der Waals surface area contributed by atoms with Crippen LogP contribution in [0.3, 0.4) is 0 Å². The molecule has 3 rings (SSSR count). The SMILES string of the molecule is CCOC(=N)c1cc(F)c(Cn2ccc3cnccc32)c(Cl)c1. The Balaban J connectivity index is 1.96. The van der Waals surface area contributed by atoms with E-state index < -0.39 is 5.82 Å². The number of benzene rings is 1. The van der Waals surface area contributed by atoms with Gasteiger partial charge in [-0.3, -0.25) is 10.4 Å². The van der Waals surface area contributed by atoms with Crippen molar-refractivity contribution in [2.75, 3.05) is 6.61 Å². The lowest BCUT2D eigenvalue weighted by atomic mass is 10.1. The second-order valence-electron chi connectivity index (χ2n) is 5.06. The zero-order valence-electron chi connectivity index (χ0n) is 12.5. The molecule has 118 valence electrons. The summed E-state index contributed by atoms with van der Waals surface area (Å²) in [6.07, 6.45) is 5.33. The lowest BCUT2D eigenvalue weighted by molar-refractivity contribution is 0.325. The highest BCUT2D eigenvalue weighted by Gasteiger charge is 2.14. The lowest BCUT2D eigenvalue weighted by Gasteiger charge is -2.12. The Kier molecular flexibility index (Phi) is 4.30. The summed E-state index contributed by atoms with van der Waals surface area (Å²) < 4.78 is 21.4. The summed E-state index contributed by atoms with van der Waals surface area (Å²) in [5, 5.41) is 9.00. The van der Waals surface area contributed by atoms with Crippen molar-refractivity contribution in [2.45, 2.75) is 13.5 Å². The molecular formula is C17H15ClFN3O. The third-order valence-corrected chi connectivity index (χ3v) is 3.93. The molecule has 0 spiro atoms. The molecule has 0 aliphatic heterocycles. The molecule has 0 saturated carbocycles. The number of hydrogen-bond donors (Lipinski definition) is 1. The van der Waals surface area contributed by atoms with Gasteiger partial charge in [0.05, 0.1) is 18.7 Å². The van der Waals surface area contributed by atoms with Gasteiger partial charge in [0, 0.05) is 40.1 Å². The quantitative estimate of drug-likeness (QED) is 0.574. The third kappa shape index (κ3) is 3.05. The molecule has 23 heavy (non-hydrogen) atoms. The van der Waals surface area contributed by atoms with Crippen LogP contribution in [0.25, 0.3) is 10.9 Å². The summed E-state index contributed by atoms with van der Waals surface area (Å²) in [6, 6.07) is 6.64. The van der Waals surface area contributed by atoms with E-state index in [4.69, 9.17) is 21.7 Å². The van der Waals surface area contributed by atoms with Gasteiger partial charge in [0.25, 0.3) is 0 Å². The third-order valence-electron chi connectivity index (χ3n) is 3.59. The fraction of sp³-hybridized carbons (Fsp3) is 0.176. The number of ether oxygens (including phenoxy) is 1. The number of hydrogen-bond acceptors (Lipinski definition) is 3. The summed E-state index contributed by atoms with van der Waals surface area (Å²) in [7, 11) is 0. The fourth-order valence-corrected chi connectivity index (χ4v) is 2.73. The molecule has 1 aromatic carbocycles. The van der Waals surface area contributed by atoms with Gasteiger partial charge < -0.3 is 9.30 Å². The monoisotopic (exact) mass is 331 g/mol. The second kappa shape index (κ2) is 6.38. The number of fused-ring (bicyclic) bond motifs is 1. The van der Waals surface area contributed by atoms with Gasteiger partial charge in [0.1, 0.15) is 5.82 Å². The van der Waals surface area contributed by atoms with Crippen LogP contribution in [-0.2, 0) is 11.3 Å². The second-order valence-corrected chi connectivity index (χ2v) is 5.47.